The number of rotatable bonds is 8. The predicted molar refractivity (Wildman–Crippen MR) is 117 cm³/mol. The van der Waals surface area contributed by atoms with E-state index in [1.54, 1.807) is 0 Å². The molecule has 0 atom stereocenters. The molecule has 158 valence electrons. The van der Waals surface area contributed by atoms with Crippen LogP contribution in [0.5, 0.6) is 0 Å². The molecule has 2 heterocycles. The van der Waals surface area contributed by atoms with Crippen LogP contribution in [0.2, 0.25) is 5.02 Å². The molecule has 2 amide bonds. The molecule has 2 N–H and O–H groups in total. The van der Waals surface area contributed by atoms with Crippen LogP contribution < -0.4 is 5.32 Å². The van der Waals surface area contributed by atoms with Gasteiger partial charge in [0, 0.05) is 48.5 Å². The Morgan fingerprint density at radius 2 is 1.93 bits per heavy atom. The summed E-state index contributed by atoms with van der Waals surface area (Å²) in [6.07, 6.45) is 2.27. The molecule has 0 radical (unpaired) electrons. The maximum absolute atomic E-state index is 12.8. The zero-order valence-corrected chi connectivity index (χ0v) is 18.1. The van der Waals surface area contributed by atoms with Crippen molar-refractivity contribution in [2.24, 2.45) is 5.92 Å². The third-order valence-corrected chi connectivity index (χ3v) is 6.07. The molecule has 0 bridgehead atoms. The number of nitrogens with one attached hydrogen (secondary N) is 2. The molecule has 0 saturated carbocycles. The standard InChI is InChI=1S/C22H31ClN4O2/c1-3-26(4-2)12-9-24-21(28)13-16-7-10-27(11-8-16)22(29)20-15-17-14-18(23)5-6-19(17)25-20/h5-6,14-16,25H,3-4,7-13H2,1-2H3,(H,24,28). The van der Waals surface area contributed by atoms with Gasteiger partial charge in [-0.2, -0.15) is 0 Å². The van der Waals surface area contributed by atoms with Gasteiger partial charge in [0.2, 0.25) is 5.91 Å². The van der Waals surface area contributed by atoms with Crippen molar-refractivity contribution in [3.8, 4) is 0 Å². The molecule has 6 nitrogen and oxygen atoms in total. The van der Waals surface area contributed by atoms with E-state index in [0.29, 0.717) is 42.7 Å². The second-order valence-corrected chi connectivity index (χ2v) is 8.17. The van der Waals surface area contributed by atoms with Crippen molar-refractivity contribution in [1.29, 1.82) is 0 Å². The smallest absolute Gasteiger partial charge is 0.270 e. The Balaban J connectivity index is 1.44. The number of H-pyrrole nitrogens is 1. The van der Waals surface area contributed by atoms with Crippen molar-refractivity contribution in [2.75, 3.05) is 39.3 Å². The molecule has 1 fully saturated rings. The summed E-state index contributed by atoms with van der Waals surface area (Å²) in [5.74, 6) is 0.475. The van der Waals surface area contributed by atoms with Gasteiger partial charge in [0.1, 0.15) is 5.69 Å². The van der Waals surface area contributed by atoms with Crippen LogP contribution in [0.15, 0.2) is 24.3 Å². The van der Waals surface area contributed by atoms with Gasteiger partial charge in [0.15, 0.2) is 0 Å². The van der Waals surface area contributed by atoms with E-state index in [2.05, 4.69) is 29.0 Å². The summed E-state index contributed by atoms with van der Waals surface area (Å²) in [7, 11) is 0. The van der Waals surface area contributed by atoms with Crippen LogP contribution in [0.25, 0.3) is 10.9 Å². The van der Waals surface area contributed by atoms with Crippen LogP contribution >= 0.6 is 11.6 Å². The van der Waals surface area contributed by atoms with E-state index < -0.39 is 0 Å². The fraction of sp³-hybridized carbons (Fsp3) is 0.545. The lowest BCUT2D eigenvalue weighted by atomic mass is 9.93. The lowest BCUT2D eigenvalue weighted by Gasteiger charge is -2.31. The average Bonchev–Trinajstić information content (AvgIpc) is 3.14. The second-order valence-electron chi connectivity index (χ2n) is 7.73. The molecule has 1 aliphatic heterocycles. The Bertz CT molecular complexity index is 838. The topological polar surface area (TPSA) is 68.4 Å². The summed E-state index contributed by atoms with van der Waals surface area (Å²) < 4.78 is 0. The largest absolute Gasteiger partial charge is 0.355 e. The van der Waals surface area contributed by atoms with Gasteiger partial charge < -0.3 is 20.1 Å². The first-order valence-corrected chi connectivity index (χ1v) is 10.9. The number of benzene rings is 1. The number of aromatic nitrogens is 1. The molecule has 7 heteroatoms. The summed E-state index contributed by atoms with van der Waals surface area (Å²) in [6, 6.07) is 7.42. The highest BCUT2D eigenvalue weighted by Crippen LogP contribution is 2.24. The number of nitrogens with zero attached hydrogens (tertiary/aromatic N) is 2. The Labute approximate surface area is 177 Å². The quantitative estimate of drug-likeness (QED) is 0.689. The normalized spacial score (nSPS) is 15.2. The molecule has 0 aliphatic carbocycles. The number of aromatic amines is 1. The van der Waals surface area contributed by atoms with Gasteiger partial charge in [-0.1, -0.05) is 25.4 Å². The van der Waals surface area contributed by atoms with Crippen LogP contribution in [0.3, 0.4) is 0 Å². The number of likely N-dealkylation sites (N-methyl/N-ethyl adjacent to an activating group) is 1. The molecule has 1 aliphatic rings. The predicted octanol–water partition coefficient (Wildman–Crippen LogP) is 3.52. The van der Waals surface area contributed by atoms with Crippen molar-refractivity contribution in [1.82, 2.24) is 20.1 Å². The molecule has 0 unspecified atom stereocenters. The molecule has 2 aromatic rings. The van der Waals surface area contributed by atoms with E-state index in [0.717, 1.165) is 43.4 Å². The Hall–Kier alpha value is -2.05. The van der Waals surface area contributed by atoms with Crippen LogP contribution in [0.4, 0.5) is 0 Å². The monoisotopic (exact) mass is 418 g/mol. The summed E-state index contributed by atoms with van der Waals surface area (Å²) >= 11 is 6.03. The Morgan fingerprint density at radius 3 is 2.62 bits per heavy atom. The van der Waals surface area contributed by atoms with Crippen molar-refractivity contribution < 1.29 is 9.59 Å². The number of amides is 2. The van der Waals surface area contributed by atoms with Gasteiger partial charge in [-0.15, -0.1) is 0 Å². The summed E-state index contributed by atoms with van der Waals surface area (Å²) in [4.78, 5) is 32.4. The van der Waals surface area contributed by atoms with E-state index in [-0.39, 0.29) is 11.8 Å². The van der Waals surface area contributed by atoms with Crippen molar-refractivity contribution in [3.63, 3.8) is 0 Å². The highest BCUT2D eigenvalue weighted by Gasteiger charge is 2.26. The maximum Gasteiger partial charge on any atom is 0.270 e. The molecular weight excluding hydrogens is 388 g/mol. The zero-order valence-electron chi connectivity index (χ0n) is 17.3. The van der Waals surface area contributed by atoms with E-state index in [1.807, 2.05) is 29.2 Å². The number of hydrogen-bond donors (Lipinski definition) is 2. The minimum Gasteiger partial charge on any atom is -0.355 e. The van der Waals surface area contributed by atoms with Crippen LogP contribution in [-0.4, -0.2) is 65.9 Å². The van der Waals surface area contributed by atoms with Crippen LogP contribution in [0.1, 0.15) is 43.6 Å². The number of carbonyl (C=O) groups is 2. The number of likely N-dealkylation sites (tertiary alicyclic amines) is 1. The van der Waals surface area contributed by atoms with Gasteiger partial charge in [-0.05, 0) is 56.1 Å². The number of fused-ring (bicyclic) bond motifs is 1. The first-order valence-electron chi connectivity index (χ1n) is 10.6. The first kappa shape index (κ1) is 21.7. The highest BCUT2D eigenvalue weighted by atomic mass is 35.5. The lowest BCUT2D eigenvalue weighted by Crippen LogP contribution is -2.40. The molecule has 1 saturated heterocycles. The highest BCUT2D eigenvalue weighted by molar-refractivity contribution is 6.31. The SMILES string of the molecule is CCN(CC)CCNC(=O)CC1CCN(C(=O)c2cc3cc(Cl)ccc3[nH]2)CC1. The van der Waals surface area contributed by atoms with Crippen molar-refractivity contribution >= 4 is 34.3 Å². The van der Waals surface area contributed by atoms with E-state index >= 15 is 0 Å². The van der Waals surface area contributed by atoms with E-state index in [9.17, 15) is 9.59 Å². The molecule has 1 aromatic carbocycles. The van der Waals surface area contributed by atoms with Gasteiger partial charge in [0.05, 0.1) is 0 Å². The third kappa shape index (κ3) is 5.73. The summed E-state index contributed by atoms with van der Waals surface area (Å²) in [5.41, 5.74) is 1.50. The number of hydrogen-bond acceptors (Lipinski definition) is 3. The van der Waals surface area contributed by atoms with Gasteiger partial charge in [-0.3, -0.25) is 9.59 Å². The molecule has 1 aromatic heterocycles. The maximum atomic E-state index is 12.8. The second kappa shape index (κ2) is 10.1. The minimum atomic E-state index is 0.0134. The average molecular weight is 419 g/mol. The third-order valence-electron chi connectivity index (χ3n) is 5.83. The lowest BCUT2D eigenvalue weighted by molar-refractivity contribution is -0.122. The van der Waals surface area contributed by atoms with Crippen molar-refractivity contribution in [2.45, 2.75) is 33.1 Å². The summed E-state index contributed by atoms with van der Waals surface area (Å²) in [6.45, 7) is 9.23. The fourth-order valence-corrected chi connectivity index (χ4v) is 4.14. The van der Waals surface area contributed by atoms with E-state index in [4.69, 9.17) is 11.6 Å². The summed E-state index contributed by atoms with van der Waals surface area (Å²) in [5, 5.41) is 4.63. The van der Waals surface area contributed by atoms with Crippen molar-refractivity contribution in [3.05, 3.63) is 35.0 Å². The number of carbonyl (C=O) groups excluding carboxylic acids is 2. The van der Waals surface area contributed by atoms with Crippen LogP contribution in [-0.2, 0) is 4.79 Å². The molecule has 3 rings (SSSR count). The van der Waals surface area contributed by atoms with E-state index in [1.165, 1.54) is 0 Å². The molecule has 0 spiro atoms. The number of halogens is 1. The van der Waals surface area contributed by atoms with Crippen LogP contribution in [0, 0.1) is 5.92 Å². The number of piperidine rings is 1. The fourth-order valence-electron chi connectivity index (χ4n) is 3.96. The Morgan fingerprint density at radius 1 is 1.21 bits per heavy atom. The minimum absolute atomic E-state index is 0.0134. The first-order chi connectivity index (χ1) is 14.0. The Kier molecular flexibility index (Phi) is 7.56. The van der Waals surface area contributed by atoms with Gasteiger partial charge in [-0.25, -0.2) is 0 Å². The zero-order chi connectivity index (χ0) is 20.8. The van der Waals surface area contributed by atoms with Gasteiger partial charge in [0.25, 0.3) is 5.91 Å². The molecule has 29 heavy (non-hydrogen) atoms. The molecular formula is C22H31ClN4O2. The van der Waals surface area contributed by atoms with Gasteiger partial charge >= 0.3 is 0 Å².